The molecule has 3 fully saturated rings. The third-order valence-electron chi connectivity index (χ3n) is 7.70. The zero-order valence-electron chi connectivity index (χ0n) is 19.9. The van der Waals surface area contributed by atoms with Crippen molar-refractivity contribution in [2.75, 3.05) is 55.4 Å². The van der Waals surface area contributed by atoms with Gasteiger partial charge in [-0.15, -0.1) is 0 Å². The third kappa shape index (κ3) is 4.12. The fourth-order valence-electron chi connectivity index (χ4n) is 5.24. The summed E-state index contributed by atoms with van der Waals surface area (Å²) in [6.45, 7) is 3.92. The average molecular weight is 550 g/mol. The first-order valence-corrected chi connectivity index (χ1v) is 15.1. The van der Waals surface area contributed by atoms with E-state index in [2.05, 4.69) is 14.9 Å². The Bertz CT molecular complexity index is 1400. The lowest BCUT2D eigenvalue weighted by Crippen LogP contribution is -2.55. The van der Waals surface area contributed by atoms with E-state index in [0.717, 1.165) is 53.9 Å². The summed E-state index contributed by atoms with van der Waals surface area (Å²) in [5.74, 6) is 1.46. The van der Waals surface area contributed by atoms with Crippen molar-refractivity contribution in [3.05, 3.63) is 35.9 Å². The van der Waals surface area contributed by atoms with E-state index in [0.29, 0.717) is 30.5 Å². The molecule has 1 atom stereocenters. The van der Waals surface area contributed by atoms with Gasteiger partial charge in [-0.3, -0.25) is 4.40 Å². The van der Waals surface area contributed by atoms with Crippen LogP contribution in [0.3, 0.4) is 0 Å². The van der Waals surface area contributed by atoms with Crippen LogP contribution in [0.2, 0.25) is 5.02 Å². The maximum atomic E-state index is 11.8. The molecule has 6 rings (SSSR count). The minimum absolute atomic E-state index is 0.0773. The lowest BCUT2D eigenvalue weighted by Gasteiger charge is -2.41. The summed E-state index contributed by atoms with van der Waals surface area (Å²) in [4.78, 5) is 19.7. The van der Waals surface area contributed by atoms with E-state index in [9.17, 15) is 8.42 Å². The molecule has 3 saturated heterocycles. The summed E-state index contributed by atoms with van der Waals surface area (Å²) >= 11 is 8.20. The van der Waals surface area contributed by atoms with Crippen LogP contribution in [0, 0.1) is 5.41 Å². The van der Waals surface area contributed by atoms with E-state index in [1.54, 1.807) is 12.4 Å². The molecule has 0 aromatic carbocycles. The minimum Gasteiger partial charge on any atom is -0.379 e. The number of imidazole rings is 1. The van der Waals surface area contributed by atoms with Crippen molar-refractivity contribution in [1.82, 2.24) is 19.4 Å². The minimum atomic E-state index is -3.07. The monoisotopic (exact) mass is 549 g/mol. The summed E-state index contributed by atoms with van der Waals surface area (Å²) in [7, 11) is -3.07. The molecule has 0 bridgehead atoms. The van der Waals surface area contributed by atoms with Crippen LogP contribution in [0.5, 0.6) is 0 Å². The molecule has 192 valence electrons. The van der Waals surface area contributed by atoms with Crippen molar-refractivity contribution in [2.24, 2.45) is 11.1 Å². The highest BCUT2D eigenvalue weighted by Gasteiger charge is 2.44. The van der Waals surface area contributed by atoms with Gasteiger partial charge in [-0.05, 0) is 18.9 Å². The number of hydrogen-bond donors (Lipinski definition) is 1. The van der Waals surface area contributed by atoms with Crippen molar-refractivity contribution in [2.45, 2.75) is 33.9 Å². The van der Waals surface area contributed by atoms with E-state index in [1.807, 2.05) is 27.8 Å². The van der Waals surface area contributed by atoms with Crippen LogP contribution in [0.4, 0.5) is 11.8 Å². The van der Waals surface area contributed by atoms with Crippen molar-refractivity contribution in [3.63, 3.8) is 0 Å². The number of nitrogens with two attached hydrogens (primary N) is 1. The maximum Gasteiger partial charge on any atom is 0.211 e. The molecule has 0 amide bonds. The molecular formula is C23H28ClN7O3S2. The van der Waals surface area contributed by atoms with Crippen molar-refractivity contribution >= 4 is 50.6 Å². The highest BCUT2D eigenvalue weighted by Crippen LogP contribution is 2.42. The Morgan fingerprint density at radius 2 is 1.92 bits per heavy atom. The zero-order chi connectivity index (χ0) is 25.1. The summed E-state index contributed by atoms with van der Waals surface area (Å²) in [5, 5.41) is 0.120. The van der Waals surface area contributed by atoms with Gasteiger partial charge in [0.1, 0.15) is 5.82 Å². The second-order valence-corrected chi connectivity index (χ2v) is 13.7. The first kappa shape index (κ1) is 24.2. The molecule has 0 saturated carbocycles. The van der Waals surface area contributed by atoms with Crippen LogP contribution in [-0.2, 0) is 14.6 Å². The number of nitrogens with zero attached hydrogens (tertiary/aromatic N) is 6. The van der Waals surface area contributed by atoms with Crippen LogP contribution in [-0.4, -0.2) is 84.7 Å². The molecule has 10 nitrogen and oxygen atoms in total. The largest absolute Gasteiger partial charge is 0.379 e. The van der Waals surface area contributed by atoms with Crippen LogP contribution < -0.4 is 15.5 Å². The quantitative estimate of drug-likeness (QED) is 0.506. The van der Waals surface area contributed by atoms with E-state index in [4.69, 9.17) is 27.1 Å². The fraction of sp³-hybridized carbons (Fsp3) is 0.522. The fourth-order valence-corrected chi connectivity index (χ4v) is 7.39. The zero-order valence-corrected chi connectivity index (χ0v) is 22.3. The lowest BCUT2D eigenvalue weighted by molar-refractivity contribution is 0.131. The second-order valence-electron chi connectivity index (χ2n) is 9.92. The molecule has 3 aromatic rings. The number of hydrogen-bond acceptors (Lipinski definition) is 10. The Balaban J connectivity index is 1.22. The first-order valence-electron chi connectivity index (χ1n) is 11.9. The van der Waals surface area contributed by atoms with Gasteiger partial charge in [0.25, 0.3) is 0 Å². The smallest absolute Gasteiger partial charge is 0.211 e. The molecule has 36 heavy (non-hydrogen) atoms. The topological polar surface area (TPSA) is 119 Å². The second kappa shape index (κ2) is 9.02. The Hall–Kier alpha value is -2.12. The molecule has 6 heterocycles. The predicted octanol–water partition coefficient (Wildman–Crippen LogP) is 2.11. The molecular weight excluding hydrogens is 522 g/mol. The number of anilines is 2. The van der Waals surface area contributed by atoms with E-state index >= 15 is 0 Å². The van der Waals surface area contributed by atoms with E-state index in [1.165, 1.54) is 18.0 Å². The van der Waals surface area contributed by atoms with Gasteiger partial charge >= 0.3 is 0 Å². The third-order valence-corrected chi connectivity index (χ3v) is 10.8. The van der Waals surface area contributed by atoms with E-state index in [-0.39, 0.29) is 16.7 Å². The van der Waals surface area contributed by atoms with Crippen LogP contribution in [0.15, 0.2) is 40.6 Å². The van der Waals surface area contributed by atoms with Gasteiger partial charge in [0.05, 0.1) is 28.4 Å². The van der Waals surface area contributed by atoms with Crippen molar-refractivity contribution in [3.8, 4) is 0 Å². The van der Waals surface area contributed by atoms with Crippen LogP contribution in [0.25, 0.3) is 5.65 Å². The molecule has 2 N–H and O–H groups in total. The Morgan fingerprint density at radius 3 is 2.61 bits per heavy atom. The van der Waals surface area contributed by atoms with Gasteiger partial charge in [-0.1, -0.05) is 23.4 Å². The number of halogens is 1. The SMILES string of the molecule is CS(=O)(=O)C1CN(c2nccc(Sc3cnc(N4CCC5(CC4)COC[C@H]5N)n4ccnc34)c2Cl)C1. The maximum absolute atomic E-state index is 11.8. The number of ether oxygens (including phenoxy) is 1. The molecule has 0 radical (unpaired) electrons. The van der Waals surface area contributed by atoms with Gasteiger partial charge in [0, 0.05) is 73.6 Å². The molecule has 0 unspecified atom stereocenters. The summed E-state index contributed by atoms with van der Waals surface area (Å²) in [5.41, 5.74) is 7.24. The van der Waals surface area contributed by atoms with Gasteiger partial charge < -0.3 is 20.3 Å². The molecule has 0 aliphatic carbocycles. The average Bonchev–Trinajstić information content (AvgIpc) is 3.43. The summed E-state index contributed by atoms with van der Waals surface area (Å²) in [6, 6.07) is 1.96. The molecule has 3 aliphatic rings. The molecule has 13 heteroatoms. The van der Waals surface area contributed by atoms with Gasteiger partial charge in [0.15, 0.2) is 15.5 Å². The number of aromatic nitrogens is 4. The standard InChI is InChI=1S/C23H28ClN7O3S2/c1-36(32,33)15-11-30(12-15)21-19(24)16(2-5-26-21)35-17-10-28-22(31-9-6-27-20(17)31)29-7-3-23(4-8-29)14-34-13-18(23)25/h2,5-6,9-10,15,18H,3-4,7-8,11-14,25H2,1H3/t18-/m1/s1. The number of piperidine rings is 1. The lowest BCUT2D eigenvalue weighted by atomic mass is 9.75. The summed E-state index contributed by atoms with van der Waals surface area (Å²) < 4.78 is 31.3. The molecule has 1 spiro atoms. The molecule has 3 aromatic heterocycles. The number of pyridine rings is 1. The Morgan fingerprint density at radius 1 is 1.14 bits per heavy atom. The van der Waals surface area contributed by atoms with E-state index < -0.39 is 9.84 Å². The predicted molar refractivity (Wildman–Crippen MR) is 140 cm³/mol. The number of sulfone groups is 1. The normalized spacial score (nSPS) is 22.5. The molecule has 3 aliphatic heterocycles. The van der Waals surface area contributed by atoms with Crippen molar-refractivity contribution in [1.29, 1.82) is 0 Å². The van der Waals surface area contributed by atoms with Gasteiger partial charge in [0.2, 0.25) is 5.95 Å². The highest BCUT2D eigenvalue weighted by atomic mass is 35.5. The highest BCUT2D eigenvalue weighted by molar-refractivity contribution is 7.99. The Kier molecular flexibility index (Phi) is 6.07. The number of fused-ring (bicyclic) bond motifs is 1. The van der Waals surface area contributed by atoms with Crippen LogP contribution in [0.1, 0.15) is 12.8 Å². The van der Waals surface area contributed by atoms with Crippen molar-refractivity contribution < 1.29 is 13.2 Å². The first-order chi connectivity index (χ1) is 17.2. The van der Waals surface area contributed by atoms with Crippen LogP contribution >= 0.6 is 23.4 Å². The van der Waals surface area contributed by atoms with Gasteiger partial charge in [-0.25, -0.2) is 23.4 Å². The number of rotatable bonds is 5. The summed E-state index contributed by atoms with van der Waals surface area (Å²) in [6.07, 6.45) is 10.5. The van der Waals surface area contributed by atoms with Gasteiger partial charge in [-0.2, -0.15) is 0 Å². The Labute approximate surface area is 219 Å².